The molecule has 1 fully saturated rings. The smallest absolute Gasteiger partial charge is 0.237 e. The summed E-state index contributed by atoms with van der Waals surface area (Å²) in [6.45, 7) is 15.8. The second-order valence-corrected chi connectivity index (χ2v) is 7.70. The van der Waals surface area contributed by atoms with E-state index in [-0.39, 0.29) is 18.0 Å². The molecule has 1 saturated heterocycles. The topological polar surface area (TPSA) is 44.4 Å². The molecule has 25 heavy (non-hydrogen) atoms. The van der Waals surface area contributed by atoms with Gasteiger partial charge in [0.2, 0.25) is 5.91 Å². The molecule has 0 aliphatic carbocycles. The first-order chi connectivity index (χ1) is 11.8. The third kappa shape index (κ3) is 8.87. The Morgan fingerprint density at radius 1 is 1.24 bits per heavy atom. The van der Waals surface area contributed by atoms with E-state index >= 15 is 0 Å². The fourth-order valence-electron chi connectivity index (χ4n) is 3.36. The molecule has 0 spiro atoms. The number of hydrogen-bond donors (Lipinski definition) is 2. The molecule has 4 heteroatoms. The van der Waals surface area contributed by atoms with Gasteiger partial charge in [0, 0.05) is 12.1 Å². The van der Waals surface area contributed by atoms with E-state index in [1.807, 2.05) is 20.2 Å². The van der Waals surface area contributed by atoms with Crippen LogP contribution >= 0.6 is 0 Å². The van der Waals surface area contributed by atoms with Gasteiger partial charge >= 0.3 is 0 Å². The molecular formula is C21H43N3O. The van der Waals surface area contributed by atoms with Gasteiger partial charge in [0.25, 0.3) is 0 Å². The molecule has 0 bridgehead atoms. The molecule has 2 N–H and O–H groups in total. The van der Waals surface area contributed by atoms with Gasteiger partial charge in [-0.05, 0) is 51.7 Å². The molecule has 0 saturated carbocycles. The molecule has 0 radical (unpaired) electrons. The van der Waals surface area contributed by atoms with Crippen molar-refractivity contribution in [2.24, 2.45) is 11.8 Å². The minimum atomic E-state index is 0.0512. The van der Waals surface area contributed by atoms with Crippen LogP contribution < -0.4 is 10.6 Å². The van der Waals surface area contributed by atoms with E-state index in [1.165, 1.54) is 12.8 Å². The Bertz CT molecular complexity index is 366. The van der Waals surface area contributed by atoms with Crippen LogP contribution in [0, 0.1) is 11.8 Å². The van der Waals surface area contributed by atoms with E-state index in [0.29, 0.717) is 12.0 Å². The highest BCUT2D eigenvalue weighted by Crippen LogP contribution is 2.16. The molecule has 1 aliphatic rings. The maximum absolute atomic E-state index is 12.2. The van der Waals surface area contributed by atoms with Gasteiger partial charge in [-0.15, -0.1) is 6.58 Å². The normalized spacial score (nSPS) is 21.7. The van der Waals surface area contributed by atoms with Gasteiger partial charge in [-0.3, -0.25) is 9.69 Å². The summed E-state index contributed by atoms with van der Waals surface area (Å²) in [5.41, 5.74) is 0. The summed E-state index contributed by atoms with van der Waals surface area (Å²) in [5.74, 6) is 1.38. The number of hydrogen-bond acceptors (Lipinski definition) is 3. The van der Waals surface area contributed by atoms with Crippen molar-refractivity contribution in [1.29, 1.82) is 0 Å². The van der Waals surface area contributed by atoms with Crippen molar-refractivity contribution in [2.45, 2.75) is 84.8 Å². The number of nitrogens with one attached hydrogen (secondary N) is 2. The van der Waals surface area contributed by atoms with Crippen LogP contribution in [0.3, 0.4) is 0 Å². The van der Waals surface area contributed by atoms with Crippen LogP contribution in [0.1, 0.15) is 66.7 Å². The fourth-order valence-corrected chi connectivity index (χ4v) is 3.36. The van der Waals surface area contributed by atoms with Gasteiger partial charge in [0.1, 0.15) is 0 Å². The van der Waals surface area contributed by atoms with E-state index < -0.39 is 0 Å². The summed E-state index contributed by atoms with van der Waals surface area (Å²) < 4.78 is 0. The number of likely N-dealkylation sites (tertiary alicyclic amines) is 1. The fraction of sp³-hybridized carbons (Fsp3) is 0.857. The van der Waals surface area contributed by atoms with E-state index in [2.05, 4.69) is 56.7 Å². The summed E-state index contributed by atoms with van der Waals surface area (Å²) in [6, 6.07) is 0.855. The second-order valence-electron chi connectivity index (χ2n) is 7.70. The first-order valence-corrected chi connectivity index (χ1v) is 10.1. The monoisotopic (exact) mass is 353 g/mol. The highest BCUT2D eigenvalue weighted by Gasteiger charge is 2.27. The third-order valence-corrected chi connectivity index (χ3v) is 5.51. The number of likely N-dealkylation sites (N-methyl/N-ethyl adjacent to an activating group) is 1. The van der Waals surface area contributed by atoms with Crippen LogP contribution in [-0.4, -0.2) is 49.6 Å². The maximum atomic E-state index is 12.2. The number of carbonyl (C=O) groups is 1. The van der Waals surface area contributed by atoms with E-state index in [9.17, 15) is 4.79 Å². The minimum absolute atomic E-state index is 0.0512. The van der Waals surface area contributed by atoms with Crippen molar-refractivity contribution in [2.75, 3.05) is 20.6 Å². The molecule has 148 valence electrons. The summed E-state index contributed by atoms with van der Waals surface area (Å²) in [4.78, 5) is 14.4. The number of amides is 1. The quantitative estimate of drug-likeness (QED) is 0.652. The van der Waals surface area contributed by atoms with Crippen molar-refractivity contribution in [3.63, 3.8) is 0 Å². The molecular weight excluding hydrogens is 310 g/mol. The van der Waals surface area contributed by atoms with E-state index in [0.717, 1.165) is 31.7 Å². The molecule has 1 amide bonds. The Morgan fingerprint density at radius 2 is 1.88 bits per heavy atom. The Kier molecular flexibility index (Phi) is 12.9. The zero-order valence-electron chi connectivity index (χ0n) is 17.8. The molecule has 4 nitrogen and oxygen atoms in total. The Balaban J connectivity index is 0.000000609. The molecule has 4 unspecified atom stereocenters. The molecule has 1 rings (SSSR count). The minimum Gasteiger partial charge on any atom is -0.348 e. The summed E-state index contributed by atoms with van der Waals surface area (Å²) >= 11 is 0. The van der Waals surface area contributed by atoms with Gasteiger partial charge in [-0.2, -0.15) is 0 Å². The van der Waals surface area contributed by atoms with Crippen LogP contribution in [0.25, 0.3) is 0 Å². The lowest BCUT2D eigenvalue weighted by molar-refractivity contribution is -0.127. The molecule has 1 aliphatic heterocycles. The van der Waals surface area contributed by atoms with Crippen LogP contribution in [-0.2, 0) is 4.79 Å². The summed E-state index contributed by atoms with van der Waals surface area (Å²) in [7, 11) is 4.06. The highest BCUT2D eigenvalue weighted by atomic mass is 16.2. The lowest BCUT2D eigenvalue weighted by Gasteiger charge is -2.33. The number of piperidine rings is 1. The predicted octanol–water partition coefficient (Wildman–Crippen LogP) is 3.83. The zero-order valence-corrected chi connectivity index (χ0v) is 17.8. The lowest BCUT2D eigenvalue weighted by Crippen LogP contribution is -2.51. The third-order valence-electron chi connectivity index (χ3n) is 5.51. The maximum Gasteiger partial charge on any atom is 0.237 e. The number of carbonyl (C=O) groups excluding carboxylic acids is 1. The van der Waals surface area contributed by atoms with Crippen molar-refractivity contribution in [1.82, 2.24) is 15.5 Å². The summed E-state index contributed by atoms with van der Waals surface area (Å²) in [5, 5.41) is 6.37. The van der Waals surface area contributed by atoms with Gasteiger partial charge in [0.15, 0.2) is 0 Å². The van der Waals surface area contributed by atoms with E-state index in [1.54, 1.807) is 0 Å². The standard InChI is InChI=1S/C14H26N2O.C7H17N/c1-5-11(3)12(6-2)15-14(17)13-9-7-8-10-16(13)4;1-5-7(8-4)6(2)3/h6,11-13H,2,5,7-10H2,1,3-4H3,(H,15,17);6-8H,5H2,1-4H3. The highest BCUT2D eigenvalue weighted by molar-refractivity contribution is 5.82. The first kappa shape index (κ1) is 24.1. The van der Waals surface area contributed by atoms with E-state index in [4.69, 9.17) is 0 Å². The predicted molar refractivity (Wildman–Crippen MR) is 110 cm³/mol. The molecule has 4 atom stereocenters. The van der Waals surface area contributed by atoms with Gasteiger partial charge < -0.3 is 10.6 Å². The van der Waals surface area contributed by atoms with Gasteiger partial charge in [-0.1, -0.05) is 53.5 Å². The Morgan fingerprint density at radius 3 is 2.24 bits per heavy atom. The average molecular weight is 354 g/mol. The number of nitrogens with zero attached hydrogens (tertiary/aromatic N) is 1. The Labute approximate surface area is 156 Å². The summed E-state index contributed by atoms with van der Waals surface area (Å²) in [6.07, 6.45) is 7.48. The van der Waals surface area contributed by atoms with Crippen LogP contribution in [0.4, 0.5) is 0 Å². The van der Waals surface area contributed by atoms with Gasteiger partial charge in [0.05, 0.1) is 6.04 Å². The largest absolute Gasteiger partial charge is 0.348 e. The second kappa shape index (κ2) is 13.3. The molecule has 1 heterocycles. The van der Waals surface area contributed by atoms with Gasteiger partial charge in [-0.25, -0.2) is 0 Å². The zero-order chi connectivity index (χ0) is 19.4. The van der Waals surface area contributed by atoms with Crippen LogP contribution in [0.15, 0.2) is 12.7 Å². The Hall–Kier alpha value is -0.870. The SMILES string of the molecule is C=CC(NC(=O)C1CCCCN1C)C(C)CC.CCC(NC)C(C)C. The van der Waals surface area contributed by atoms with Crippen molar-refractivity contribution in [3.05, 3.63) is 12.7 Å². The molecule has 0 aromatic carbocycles. The van der Waals surface area contributed by atoms with Crippen molar-refractivity contribution >= 4 is 5.91 Å². The number of rotatable bonds is 8. The van der Waals surface area contributed by atoms with Crippen LogP contribution in [0.5, 0.6) is 0 Å². The average Bonchev–Trinajstić information content (AvgIpc) is 2.60. The van der Waals surface area contributed by atoms with Crippen molar-refractivity contribution < 1.29 is 4.79 Å². The van der Waals surface area contributed by atoms with Crippen molar-refractivity contribution in [3.8, 4) is 0 Å². The lowest BCUT2D eigenvalue weighted by atomic mass is 9.97. The van der Waals surface area contributed by atoms with Crippen LogP contribution in [0.2, 0.25) is 0 Å². The molecule has 0 aromatic rings. The first-order valence-electron chi connectivity index (χ1n) is 10.1. The molecule has 0 aromatic heterocycles.